The minimum atomic E-state index is -0.806. The van der Waals surface area contributed by atoms with Crippen LogP contribution >= 0.6 is 0 Å². The molecule has 0 bridgehead atoms. The van der Waals surface area contributed by atoms with Gasteiger partial charge in [0.25, 0.3) is 0 Å². The van der Waals surface area contributed by atoms with Crippen molar-refractivity contribution in [2.75, 3.05) is 0 Å². The van der Waals surface area contributed by atoms with E-state index in [0.29, 0.717) is 11.5 Å². The van der Waals surface area contributed by atoms with E-state index in [0.717, 1.165) is 16.7 Å². The highest BCUT2D eigenvalue weighted by Crippen LogP contribution is 2.39. The van der Waals surface area contributed by atoms with Gasteiger partial charge < -0.3 is 0 Å². The van der Waals surface area contributed by atoms with Gasteiger partial charge in [0.15, 0.2) is 11.6 Å². The molecule has 3 heteroatoms. The molecule has 3 aromatic carbocycles. The van der Waals surface area contributed by atoms with E-state index < -0.39 is 11.6 Å². The topological polar surface area (TPSA) is 0 Å². The standard InChI is InChI=1S/C28H31F2Si/c1-2-3-6-17-31-18-15-21(16-19-31)22-9-7-10-23(20-22)24-11-4-5-12-25(24)26-13-8-14-27(29)28(26)30/h4-5,7-14,20-21H,2-3,6,15-19H2,1H3. The SMILES string of the molecule is CCCCC[Si]1CCC(c2cccc(-c3ccccc3-c3cccc(F)c3F)c2)CC1. The molecule has 161 valence electrons. The van der Waals surface area contributed by atoms with Gasteiger partial charge in [0, 0.05) is 14.4 Å². The first kappa shape index (κ1) is 21.9. The van der Waals surface area contributed by atoms with Gasteiger partial charge in [-0.1, -0.05) is 105 Å². The smallest absolute Gasteiger partial charge is 0.166 e. The van der Waals surface area contributed by atoms with Gasteiger partial charge in [-0.15, -0.1) is 0 Å². The fourth-order valence-electron chi connectivity index (χ4n) is 4.88. The molecule has 0 nitrogen and oxygen atoms in total. The van der Waals surface area contributed by atoms with Crippen molar-refractivity contribution in [2.45, 2.75) is 63.1 Å². The van der Waals surface area contributed by atoms with Gasteiger partial charge >= 0.3 is 0 Å². The molecular weight excluding hydrogens is 402 g/mol. The van der Waals surface area contributed by atoms with E-state index in [1.807, 2.05) is 24.3 Å². The minimum Gasteiger partial charge on any atom is -0.204 e. The summed E-state index contributed by atoms with van der Waals surface area (Å²) in [6, 6.07) is 25.2. The van der Waals surface area contributed by atoms with E-state index in [1.54, 1.807) is 12.1 Å². The molecule has 1 aliphatic heterocycles. The van der Waals surface area contributed by atoms with Gasteiger partial charge in [0.2, 0.25) is 0 Å². The van der Waals surface area contributed by atoms with Gasteiger partial charge in [-0.25, -0.2) is 8.78 Å². The van der Waals surface area contributed by atoms with Crippen LogP contribution in [-0.4, -0.2) is 8.80 Å². The Hall–Kier alpha value is -2.26. The fraction of sp³-hybridized carbons (Fsp3) is 0.357. The highest BCUT2D eigenvalue weighted by Gasteiger charge is 2.23. The number of unbranched alkanes of at least 4 members (excludes halogenated alkanes) is 2. The van der Waals surface area contributed by atoms with Crippen molar-refractivity contribution in [1.82, 2.24) is 0 Å². The van der Waals surface area contributed by atoms with Crippen LogP contribution in [0.15, 0.2) is 66.7 Å². The average Bonchev–Trinajstić information content (AvgIpc) is 2.82. The molecule has 3 aromatic rings. The normalized spacial score (nSPS) is 15.3. The Bertz CT molecular complexity index is 1010. The Morgan fingerprint density at radius 2 is 1.52 bits per heavy atom. The number of benzene rings is 3. The van der Waals surface area contributed by atoms with Crippen molar-refractivity contribution in [3.8, 4) is 22.3 Å². The second kappa shape index (κ2) is 10.4. The Morgan fingerprint density at radius 3 is 2.29 bits per heavy atom. The highest BCUT2D eigenvalue weighted by molar-refractivity contribution is 6.59. The number of hydrogen-bond acceptors (Lipinski definition) is 0. The molecule has 1 heterocycles. The molecule has 0 atom stereocenters. The zero-order chi connectivity index (χ0) is 21.6. The number of rotatable bonds is 7. The van der Waals surface area contributed by atoms with Crippen molar-refractivity contribution in [3.05, 3.63) is 83.9 Å². The quantitative estimate of drug-likeness (QED) is 0.258. The van der Waals surface area contributed by atoms with E-state index >= 15 is 0 Å². The predicted octanol–water partition coefficient (Wildman–Crippen LogP) is 8.86. The number of halogens is 2. The van der Waals surface area contributed by atoms with Crippen LogP contribution in [0.3, 0.4) is 0 Å². The van der Waals surface area contributed by atoms with Crippen molar-refractivity contribution in [1.29, 1.82) is 0 Å². The van der Waals surface area contributed by atoms with E-state index in [9.17, 15) is 8.78 Å². The van der Waals surface area contributed by atoms with Crippen LogP contribution in [0.1, 0.15) is 50.5 Å². The maximum absolute atomic E-state index is 14.5. The Labute approximate surface area is 186 Å². The van der Waals surface area contributed by atoms with Gasteiger partial charge in [0.05, 0.1) is 0 Å². The lowest BCUT2D eigenvalue weighted by Crippen LogP contribution is -2.20. The van der Waals surface area contributed by atoms with E-state index in [4.69, 9.17) is 0 Å². The molecule has 31 heavy (non-hydrogen) atoms. The molecule has 1 aliphatic rings. The third-order valence-electron chi connectivity index (χ3n) is 6.66. The van der Waals surface area contributed by atoms with E-state index in [1.165, 1.54) is 61.9 Å². The molecular formula is C28H31F2Si. The maximum Gasteiger partial charge on any atom is 0.166 e. The third-order valence-corrected chi connectivity index (χ3v) is 9.72. The predicted molar refractivity (Wildman–Crippen MR) is 129 cm³/mol. The molecule has 1 saturated heterocycles. The molecule has 0 amide bonds. The van der Waals surface area contributed by atoms with Crippen LogP contribution in [0, 0.1) is 11.6 Å². The summed E-state index contributed by atoms with van der Waals surface area (Å²) < 4.78 is 28.4. The second-order valence-electron chi connectivity index (χ2n) is 8.75. The van der Waals surface area contributed by atoms with Crippen LogP contribution in [0.4, 0.5) is 8.78 Å². The molecule has 0 aliphatic carbocycles. The molecule has 4 rings (SSSR count). The maximum atomic E-state index is 14.5. The summed E-state index contributed by atoms with van der Waals surface area (Å²) in [5, 5.41) is 0. The van der Waals surface area contributed by atoms with Gasteiger partial charge in [-0.2, -0.15) is 0 Å². The molecule has 0 saturated carbocycles. The summed E-state index contributed by atoms with van der Waals surface area (Å²) in [5.41, 5.74) is 4.48. The lowest BCUT2D eigenvalue weighted by atomic mass is 9.89. The van der Waals surface area contributed by atoms with Crippen molar-refractivity contribution in [3.63, 3.8) is 0 Å². The molecule has 0 aromatic heterocycles. The van der Waals surface area contributed by atoms with E-state index in [2.05, 4.69) is 31.2 Å². The van der Waals surface area contributed by atoms with E-state index in [-0.39, 0.29) is 8.80 Å². The summed E-state index contributed by atoms with van der Waals surface area (Å²) in [6.07, 6.45) is 6.70. The molecule has 1 radical (unpaired) electrons. The van der Waals surface area contributed by atoms with Gasteiger partial charge in [-0.05, 0) is 47.1 Å². The molecule has 0 spiro atoms. The first-order valence-corrected chi connectivity index (χ1v) is 13.8. The summed E-state index contributed by atoms with van der Waals surface area (Å²) in [5.74, 6) is -0.964. The van der Waals surface area contributed by atoms with Gasteiger partial charge in [-0.3, -0.25) is 0 Å². The second-order valence-corrected chi connectivity index (χ2v) is 11.8. The first-order valence-electron chi connectivity index (χ1n) is 11.6. The van der Waals surface area contributed by atoms with Crippen LogP contribution in [0.2, 0.25) is 18.1 Å². The summed E-state index contributed by atoms with van der Waals surface area (Å²) in [6.45, 7) is 2.28. The molecule has 0 unspecified atom stereocenters. The third kappa shape index (κ3) is 5.15. The number of hydrogen-bond donors (Lipinski definition) is 0. The minimum absolute atomic E-state index is 0.150. The zero-order valence-electron chi connectivity index (χ0n) is 18.3. The van der Waals surface area contributed by atoms with Crippen LogP contribution in [-0.2, 0) is 0 Å². The average molecular weight is 434 g/mol. The molecule has 0 N–H and O–H groups in total. The van der Waals surface area contributed by atoms with Crippen LogP contribution in [0.5, 0.6) is 0 Å². The first-order chi connectivity index (χ1) is 15.2. The van der Waals surface area contributed by atoms with Crippen LogP contribution in [0.25, 0.3) is 22.3 Å². The summed E-state index contributed by atoms with van der Waals surface area (Å²) >= 11 is 0. The lowest BCUT2D eigenvalue weighted by molar-refractivity contribution is 0.511. The molecule has 1 fully saturated rings. The van der Waals surface area contributed by atoms with Crippen LogP contribution < -0.4 is 0 Å². The summed E-state index contributed by atoms with van der Waals surface area (Å²) in [4.78, 5) is 0. The Morgan fingerprint density at radius 1 is 0.806 bits per heavy atom. The Balaban J connectivity index is 1.56. The van der Waals surface area contributed by atoms with Crippen molar-refractivity contribution < 1.29 is 8.78 Å². The van der Waals surface area contributed by atoms with Crippen molar-refractivity contribution in [2.24, 2.45) is 0 Å². The lowest BCUT2D eigenvalue weighted by Gasteiger charge is -2.28. The largest absolute Gasteiger partial charge is 0.204 e. The zero-order valence-corrected chi connectivity index (χ0v) is 19.3. The fourth-order valence-corrected chi connectivity index (χ4v) is 7.89. The van der Waals surface area contributed by atoms with Crippen molar-refractivity contribution >= 4 is 8.80 Å². The Kier molecular flexibility index (Phi) is 7.34. The highest BCUT2D eigenvalue weighted by atomic mass is 28.3. The monoisotopic (exact) mass is 433 g/mol. The summed E-state index contributed by atoms with van der Waals surface area (Å²) in [7, 11) is -0.150. The van der Waals surface area contributed by atoms with Gasteiger partial charge in [0.1, 0.15) is 0 Å².